The van der Waals surface area contributed by atoms with E-state index >= 15 is 0 Å². The minimum Gasteiger partial charge on any atom is -0.493 e. The summed E-state index contributed by atoms with van der Waals surface area (Å²) >= 11 is 0. The molecule has 1 N–H and O–H groups in total. The van der Waals surface area contributed by atoms with Crippen molar-refractivity contribution in [2.45, 2.75) is 26.4 Å². The van der Waals surface area contributed by atoms with Gasteiger partial charge in [0.15, 0.2) is 0 Å². The fraction of sp³-hybridized carbons (Fsp3) is 0.182. The monoisotopic (exact) mass is 363 g/mol. The van der Waals surface area contributed by atoms with Gasteiger partial charge in [0.2, 0.25) is 5.88 Å². The summed E-state index contributed by atoms with van der Waals surface area (Å²) in [5.41, 5.74) is 0.213. The third-order valence-corrected chi connectivity index (χ3v) is 3.90. The first-order chi connectivity index (χ1) is 12.8. The molecular weight excluding hydrogens is 342 g/mol. The molecule has 5 heteroatoms. The molecule has 1 heterocycles. The third kappa shape index (κ3) is 3.92. The smallest absolute Gasteiger partial charge is 0.344 e. The highest BCUT2D eigenvalue weighted by molar-refractivity contribution is 5.99. The number of nitrogens with zero attached hydrogens (tertiary/aromatic N) is 1. The fourth-order valence-corrected chi connectivity index (χ4v) is 2.80. The van der Waals surface area contributed by atoms with Gasteiger partial charge in [0.25, 0.3) is 5.56 Å². The molecule has 3 rings (SSSR count). The van der Waals surface area contributed by atoms with Gasteiger partial charge >= 0.3 is 5.97 Å². The number of rotatable bonds is 3. The third-order valence-electron chi connectivity index (χ3n) is 3.90. The van der Waals surface area contributed by atoms with Crippen molar-refractivity contribution in [1.29, 1.82) is 0 Å². The number of ether oxygens (including phenoxy) is 1. The zero-order chi connectivity index (χ0) is 19.6. The molecule has 0 aliphatic heterocycles. The van der Waals surface area contributed by atoms with E-state index in [1.807, 2.05) is 6.07 Å². The van der Waals surface area contributed by atoms with Gasteiger partial charge in [0, 0.05) is 11.6 Å². The zero-order valence-electron chi connectivity index (χ0n) is 15.5. The van der Waals surface area contributed by atoms with Crippen molar-refractivity contribution < 1.29 is 14.6 Å². The van der Waals surface area contributed by atoms with E-state index in [-0.39, 0.29) is 5.56 Å². The molecule has 0 aliphatic carbocycles. The second kappa shape index (κ2) is 7.11. The maximum atomic E-state index is 12.9. The number of carbonyl (C=O) groups excluding carboxylic acids is 1. The fourth-order valence-electron chi connectivity index (χ4n) is 2.80. The first kappa shape index (κ1) is 18.5. The number of hydrogen-bond acceptors (Lipinski definition) is 4. The number of aromatic hydroxyl groups is 1. The van der Waals surface area contributed by atoms with Crippen LogP contribution < -0.4 is 5.56 Å². The lowest BCUT2D eigenvalue weighted by atomic mass is 10.0. The van der Waals surface area contributed by atoms with Crippen molar-refractivity contribution in [1.82, 2.24) is 4.57 Å². The summed E-state index contributed by atoms with van der Waals surface area (Å²) in [4.78, 5) is 25.6. The van der Waals surface area contributed by atoms with E-state index in [4.69, 9.17) is 4.74 Å². The summed E-state index contributed by atoms with van der Waals surface area (Å²) in [5, 5.41) is 10.9. The minimum absolute atomic E-state index is 0.0421. The van der Waals surface area contributed by atoms with Crippen molar-refractivity contribution in [3.8, 4) is 22.7 Å². The number of benzene rings is 2. The summed E-state index contributed by atoms with van der Waals surface area (Å²) in [6, 6.07) is 19.0. The van der Waals surface area contributed by atoms with E-state index in [0.29, 0.717) is 16.8 Å². The molecule has 0 unspecified atom stereocenters. The van der Waals surface area contributed by atoms with Crippen LogP contribution in [0.5, 0.6) is 5.88 Å². The molecule has 0 saturated heterocycles. The minimum atomic E-state index is -0.745. The average molecular weight is 363 g/mol. The molecule has 5 nitrogen and oxygen atoms in total. The van der Waals surface area contributed by atoms with E-state index in [9.17, 15) is 14.7 Å². The molecule has 3 aromatic rings. The van der Waals surface area contributed by atoms with Gasteiger partial charge in [0.05, 0.1) is 5.69 Å². The second-order valence-electron chi connectivity index (χ2n) is 7.13. The van der Waals surface area contributed by atoms with Crippen LogP contribution in [0.2, 0.25) is 0 Å². The topological polar surface area (TPSA) is 68.5 Å². The standard InChI is InChI=1S/C22H21NO4/c1-22(2,3)27-21(26)19-17(15-10-6-4-7-11-15)14-18(24)23(20(19)25)16-12-8-5-9-13-16/h4-14,25H,1-3H3. The Labute approximate surface area is 157 Å². The van der Waals surface area contributed by atoms with Gasteiger partial charge in [0.1, 0.15) is 11.2 Å². The molecular formula is C22H21NO4. The van der Waals surface area contributed by atoms with Crippen molar-refractivity contribution in [3.63, 3.8) is 0 Å². The van der Waals surface area contributed by atoms with Crippen LogP contribution in [-0.4, -0.2) is 21.2 Å². The maximum Gasteiger partial charge on any atom is 0.344 e. The molecule has 0 amide bonds. The molecule has 0 saturated carbocycles. The van der Waals surface area contributed by atoms with Gasteiger partial charge in [-0.2, -0.15) is 0 Å². The van der Waals surface area contributed by atoms with E-state index in [2.05, 4.69) is 0 Å². The van der Waals surface area contributed by atoms with Gasteiger partial charge in [-0.05, 0) is 38.5 Å². The highest BCUT2D eigenvalue weighted by atomic mass is 16.6. The van der Waals surface area contributed by atoms with Crippen LogP contribution in [0.1, 0.15) is 31.1 Å². The van der Waals surface area contributed by atoms with E-state index in [1.54, 1.807) is 75.4 Å². The quantitative estimate of drug-likeness (QED) is 0.709. The molecule has 2 aromatic carbocycles. The highest BCUT2D eigenvalue weighted by Crippen LogP contribution is 2.31. The van der Waals surface area contributed by atoms with Gasteiger partial charge in [-0.25, -0.2) is 9.36 Å². The molecule has 138 valence electrons. The van der Waals surface area contributed by atoms with Crippen LogP contribution in [-0.2, 0) is 4.74 Å². The summed E-state index contributed by atoms with van der Waals surface area (Å²) in [5.74, 6) is -1.13. The van der Waals surface area contributed by atoms with Crippen LogP contribution in [0.4, 0.5) is 0 Å². The highest BCUT2D eigenvalue weighted by Gasteiger charge is 2.27. The molecule has 27 heavy (non-hydrogen) atoms. The molecule has 0 atom stereocenters. The van der Waals surface area contributed by atoms with Crippen LogP contribution in [0.25, 0.3) is 16.8 Å². The Morgan fingerprint density at radius 3 is 2.07 bits per heavy atom. The molecule has 0 radical (unpaired) electrons. The molecule has 0 spiro atoms. The Bertz CT molecular complexity index is 1020. The zero-order valence-corrected chi connectivity index (χ0v) is 15.5. The van der Waals surface area contributed by atoms with Gasteiger partial charge in [-0.3, -0.25) is 4.79 Å². The summed E-state index contributed by atoms with van der Waals surface area (Å²) in [7, 11) is 0. The Hall–Kier alpha value is -3.34. The lowest BCUT2D eigenvalue weighted by Crippen LogP contribution is -2.27. The van der Waals surface area contributed by atoms with E-state index < -0.39 is 23.0 Å². The number of para-hydroxylation sites is 1. The van der Waals surface area contributed by atoms with Gasteiger partial charge < -0.3 is 9.84 Å². The summed E-state index contributed by atoms with van der Waals surface area (Å²) < 4.78 is 6.59. The summed E-state index contributed by atoms with van der Waals surface area (Å²) in [6.07, 6.45) is 0. The normalized spacial score (nSPS) is 11.2. The molecule has 0 aliphatic rings. The molecule has 1 aromatic heterocycles. The first-order valence-corrected chi connectivity index (χ1v) is 8.61. The Morgan fingerprint density at radius 1 is 0.963 bits per heavy atom. The Kier molecular flexibility index (Phi) is 4.86. The van der Waals surface area contributed by atoms with Gasteiger partial charge in [-0.1, -0.05) is 48.5 Å². The summed E-state index contributed by atoms with van der Waals surface area (Å²) in [6.45, 7) is 5.24. The average Bonchev–Trinajstić information content (AvgIpc) is 2.61. The van der Waals surface area contributed by atoms with Gasteiger partial charge in [-0.15, -0.1) is 0 Å². The molecule has 0 fully saturated rings. The number of hydrogen-bond donors (Lipinski definition) is 1. The van der Waals surface area contributed by atoms with Crippen molar-refractivity contribution in [2.75, 3.05) is 0 Å². The van der Waals surface area contributed by atoms with Crippen molar-refractivity contribution in [2.24, 2.45) is 0 Å². The Balaban J connectivity index is 2.29. The van der Waals surface area contributed by atoms with Crippen LogP contribution in [0.3, 0.4) is 0 Å². The van der Waals surface area contributed by atoms with Crippen molar-refractivity contribution in [3.05, 3.63) is 82.6 Å². The number of carbonyl (C=O) groups is 1. The number of pyridine rings is 1. The predicted molar refractivity (Wildman–Crippen MR) is 104 cm³/mol. The Morgan fingerprint density at radius 2 is 1.52 bits per heavy atom. The largest absolute Gasteiger partial charge is 0.493 e. The van der Waals surface area contributed by atoms with E-state index in [1.165, 1.54) is 6.07 Å². The van der Waals surface area contributed by atoms with Crippen molar-refractivity contribution >= 4 is 5.97 Å². The second-order valence-corrected chi connectivity index (χ2v) is 7.13. The number of aromatic nitrogens is 1. The SMILES string of the molecule is CC(C)(C)OC(=O)c1c(-c2ccccc2)cc(=O)n(-c2ccccc2)c1O. The lowest BCUT2D eigenvalue weighted by molar-refractivity contribution is 0.00665. The number of esters is 1. The van der Waals surface area contributed by atoms with Crippen LogP contribution in [0.15, 0.2) is 71.5 Å². The van der Waals surface area contributed by atoms with Crippen LogP contribution >= 0.6 is 0 Å². The predicted octanol–water partition coefficient (Wildman–Crippen LogP) is 4.17. The first-order valence-electron chi connectivity index (χ1n) is 8.61. The van der Waals surface area contributed by atoms with E-state index in [0.717, 1.165) is 4.57 Å². The van der Waals surface area contributed by atoms with Crippen LogP contribution in [0, 0.1) is 0 Å². The maximum absolute atomic E-state index is 12.9. The lowest BCUT2D eigenvalue weighted by Gasteiger charge is -2.22. The molecule has 0 bridgehead atoms.